The number of nitrogens with one attached hydrogen (secondary N) is 1. The number of alkyl halides is 3. The Bertz CT molecular complexity index is 1150. The number of amides is 1. The number of halogens is 3. The third-order valence-electron chi connectivity index (χ3n) is 4.91. The minimum atomic E-state index is -5.16. The number of methoxy groups -OCH3 is 1. The molecule has 0 spiro atoms. The fraction of sp³-hybridized carbons (Fsp3) is 0.227. The van der Waals surface area contributed by atoms with Crippen LogP contribution in [-0.2, 0) is 15.1 Å². The second-order valence-corrected chi connectivity index (χ2v) is 7.18. The van der Waals surface area contributed by atoms with Crippen LogP contribution in [0.4, 0.5) is 24.9 Å². The molecule has 0 aliphatic heterocycles. The van der Waals surface area contributed by atoms with Gasteiger partial charge in [-0.25, -0.2) is 4.79 Å². The molecule has 3 rings (SSSR count). The average molecular weight is 462 g/mol. The summed E-state index contributed by atoms with van der Waals surface area (Å²) in [5, 5.41) is 11.9. The van der Waals surface area contributed by atoms with Crippen molar-refractivity contribution in [1.82, 2.24) is 9.55 Å². The van der Waals surface area contributed by atoms with E-state index in [2.05, 4.69) is 10.3 Å². The van der Waals surface area contributed by atoms with Gasteiger partial charge in [0.15, 0.2) is 11.5 Å². The SMILES string of the molecule is COC(C(=O)Nc1nc(N(C)C)n(-c2ccccc2)c1C(=O)O)(c1ccccc1)C(F)(F)F. The fourth-order valence-corrected chi connectivity index (χ4v) is 3.43. The van der Waals surface area contributed by atoms with Crippen LogP contribution < -0.4 is 10.2 Å². The van der Waals surface area contributed by atoms with Gasteiger partial charge >= 0.3 is 12.1 Å². The van der Waals surface area contributed by atoms with Gasteiger partial charge in [-0.2, -0.15) is 18.2 Å². The summed E-state index contributed by atoms with van der Waals surface area (Å²) in [6.45, 7) is 0. The number of benzene rings is 2. The van der Waals surface area contributed by atoms with Crippen molar-refractivity contribution < 1.29 is 32.6 Å². The fourth-order valence-electron chi connectivity index (χ4n) is 3.43. The number of anilines is 2. The number of carbonyl (C=O) groups is 2. The molecular formula is C22H21F3N4O4. The molecule has 0 saturated carbocycles. The van der Waals surface area contributed by atoms with Crippen molar-refractivity contribution >= 4 is 23.6 Å². The smallest absolute Gasteiger partial charge is 0.430 e. The van der Waals surface area contributed by atoms with Crippen molar-refractivity contribution in [3.63, 3.8) is 0 Å². The Hall–Kier alpha value is -3.86. The first-order chi connectivity index (χ1) is 15.5. The number of carboxylic acid groups (broad SMARTS) is 1. The van der Waals surface area contributed by atoms with Crippen molar-refractivity contribution in [3.05, 3.63) is 71.9 Å². The quantitative estimate of drug-likeness (QED) is 0.556. The van der Waals surface area contributed by atoms with E-state index in [9.17, 15) is 27.9 Å². The molecule has 33 heavy (non-hydrogen) atoms. The van der Waals surface area contributed by atoms with Crippen molar-refractivity contribution in [2.45, 2.75) is 11.8 Å². The predicted molar refractivity (Wildman–Crippen MR) is 115 cm³/mol. The molecule has 0 aliphatic carbocycles. The van der Waals surface area contributed by atoms with Gasteiger partial charge in [0.1, 0.15) is 0 Å². The lowest BCUT2D eigenvalue weighted by molar-refractivity contribution is -0.263. The molecule has 0 aliphatic rings. The van der Waals surface area contributed by atoms with Crippen molar-refractivity contribution in [2.75, 3.05) is 31.4 Å². The van der Waals surface area contributed by atoms with Crippen LogP contribution in [0.5, 0.6) is 0 Å². The topological polar surface area (TPSA) is 96.7 Å². The molecule has 1 amide bonds. The van der Waals surface area contributed by atoms with Gasteiger partial charge in [-0.05, 0) is 12.1 Å². The highest BCUT2D eigenvalue weighted by Crippen LogP contribution is 2.43. The van der Waals surface area contributed by atoms with Crippen LogP contribution in [0.1, 0.15) is 16.1 Å². The van der Waals surface area contributed by atoms with Gasteiger partial charge in [-0.3, -0.25) is 9.36 Å². The summed E-state index contributed by atoms with van der Waals surface area (Å²) < 4.78 is 48.6. The maximum Gasteiger partial charge on any atom is 0.430 e. The number of hydrogen-bond donors (Lipinski definition) is 2. The number of hydrogen-bond acceptors (Lipinski definition) is 5. The first-order valence-corrected chi connectivity index (χ1v) is 9.62. The number of ether oxygens (including phenoxy) is 1. The van der Waals surface area contributed by atoms with Crippen LogP contribution in [0.15, 0.2) is 60.7 Å². The molecule has 2 aromatic carbocycles. The largest absolute Gasteiger partial charge is 0.476 e. The molecule has 0 radical (unpaired) electrons. The summed E-state index contributed by atoms with van der Waals surface area (Å²) in [5.74, 6) is -3.59. The minimum absolute atomic E-state index is 0.0867. The molecule has 0 fully saturated rings. The molecule has 1 unspecified atom stereocenters. The van der Waals surface area contributed by atoms with E-state index in [4.69, 9.17) is 4.74 Å². The second kappa shape index (κ2) is 8.94. The molecule has 1 aromatic heterocycles. The summed E-state index contributed by atoms with van der Waals surface area (Å²) in [4.78, 5) is 30.8. The van der Waals surface area contributed by atoms with E-state index in [1.165, 1.54) is 27.7 Å². The first-order valence-electron chi connectivity index (χ1n) is 9.62. The van der Waals surface area contributed by atoms with Crippen LogP contribution in [0, 0.1) is 0 Å². The lowest BCUT2D eigenvalue weighted by Crippen LogP contribution is -2.53. The molecule has 0 bridgehead atoms. The average Bonchev–Trinajstić information content (AvgIpc) is 3.15. The number of carbonyl (C=O) groups excluding carboxylic acids is 1. The molecular weight excluding hydrogens is 441 g/mol. The predicted octanol–water partition coefficient (Wildman–Crippen LogP) is 3.68. The van der Waals surface area contributed by atoms with Crippen LogP contribution in [0.25, 0.3) is 5.69 Å². The van der Waals surface area contributed by atoms with E-state index in [0.717, 1.165) is 19.2 Å². The molecule has 1 heterocycles. The van der Waals surface area contributed by atoms with Crippen LogP contribution in [0.3, 0.4) is 0 Å². The van der Waals surface area contributed by atoms with Gasteiger partial charge < -0.3 is 20.1 Å². The normalized spacial score (nSPS) is 13.3. The van der Waals surface area contributed by atoms with Crippen LogP contribution in [-0.4, -0.2) is 53.9 Å². The zero-order valence-electron chi connectivity index (χ0n) is 17.9. The third kappa shape index (κ3) is 4.14. The monoisotopic (exact) mass is 462 g/mol. The zero-order chi connectivity index (χ0) is 24.4. The van der Waals surface area contributed by atoms with Gasteiger partial charge in [-0.15, -0.1) is 0 Å². The second-order valence-electron chi connectivity index (χ2n) is 7.18. The minimum Gasteiger partial charge on any atom is -0.476 e. The number of para-hydroxylation sites is 1. The number of aromatic nitrogens is 2. The summed E-state index contributed by atoms with van der Waals surface area (Å²) in [6.07, 6.45) is -5.16. The van der Waals surface area contributed by atoms with Crippen LogP contribution in [0.2, 0.25) is 0 Å². The molecule has 3 aromatic rings. The molecule has 11 heteroatoms. The van der Waals surface area contributed by atoms with Crippen LogP contribution >= 0.6 is 0 Å². The highest BCUT2D eigenvalue weighted by atomic mass is 19.4. The highest BCUT2D eigenvalue weighted by molar-refractivity contribution is 6.03. The number of rotatable bonds is 7. The van der Waals surface area contributed by atoms with E-state index in [1.807, 2.05) is 0 Å². The van der Waals surface area contributed by atoms with E-state index >= 15 is 0 Å². The van der Waals surface area contributed by atoms with Gasteiger partial charge in [-0.1, -0.05) is 48.5 Å². The zero-order valence-corrected chi connectivity index (χ0v) is 17.9. The summed E-state index contributed by atoms with van der Waals surface area (Å²) >= 11 is 0. The summed E-state index contributed by atoms with van der Waals surface area (Å²) in [6, 6.07) is 14.6. The van der Waals surface area contributed by atoms with Crippen molar-refractivity contribution in [2.24, 2.45) is 0 Å². The van der Waals surface area contributed by atoms with E-state index in [0.29, 0.717) is 5.69 Å². The van der Waals surface area contributed by atoms with Gasteiger partial charge in [0.05, 0.1) is 0 Å². The summed E-state index contributed by atoms with van der Waals surface area (Å²) in [7, 11) is 3.92. The molecule has 2 N–H and O–H groups in total. The first kappa shape index (κ1) is 23.8. The highest BCUT2D eigenvalue weighted by Gasteiger charge is 2.63. The molecule has 1 atom stereocenters. The Morgan fingerprint density at radius 2 is 1.58 bits per heavy atom. The number of nitrogens with zero attached hydrogens (tertiary/aromatic N) is 3. The number of carboxylic acids is 1. The summed E-state index contributed by atoms with van der Waals surface area (Å²) in [5.41, 5.74) is -3.98. The van der Waals surface area contributed by atoms with Gasteiger partial charge in [0.2, 0.25) is 5.95 Å². The van der Waals surface area contributed by atoms with Crippen molar-refractivity contribution in [3.8, 4) is 5.69 Å². The number of imidazole rings is 1. The lowest BCUT2D eigenvalue weighted by Gasteiger charge is -2.33. The van der Waals surface area contributed by atoms with E-state index < -0.39 is 40.7 Å². The Morgan fingerprint density at radius 1 is 1.03 bits per heavy atom. The Labute approximate surface area is 187 Å². The third-order valence-corrected chi connectivity index (χ3v) is 4.91. The van der Waals surface area contributed by atoms with Gasteiger partial charge in [0.25, 0.3) is 11.5 Å². The Morgan fingerprint density at radius 3 is 2.03 bits per heavy atom. The molecule has 174 valence electrons. The Kier molecular flexibility index (Phi) is 6.45. The maximum absolute atomic E-state index is 14.2. The lowest BCUT2D eigenvalue weighted by atomic mass is 9.91. The molecule has 0 saturated heterocycles. The van der Waals surface area contributed by atoms with Gasteiger partial charge in [0, 0.05) is 32.5 Å². The number of aromatic carboxylic acids is 1. The maximum atomic E-state index is 14.2. The Balaban J connectivity index is 2.19. The van der Waals surface area contributed by atoms with Crippen molar-refractivity contribution in [1.29, 1.82) is 0 Å². The standard InChI is InChI=1S/C22H21F3N4O4/c1-28(2)20-27-17(16(18(30)31)29(20)15-12-8-5-9-13-15)26-19(32)21(33-3,22(23,24)25)14-10-6-4-7-11-14/h4-13H,1-3H3,(H,26,32)(H,30,31). The molecule has 8 nitrogen and oxygen atoms in total. The van der Waals surface area contributed by atoms with E-state index in [1.54, 1.807) is 44.4 Å². The van der Waals surface area contributed by atoms with E-state index in [-0.39, 0.29) is 5.95 Å².